The second-order valence-electron chi connectivity index (χ2n) is 4.83. The molecule has 1 atom stereocenters. The highest BCUT2D eigenvalue weighted by Crippen LogP contribution is 2.12. The second-order valence-corrected chi connectivity index (χ2v) is 4.83. The fraction of sp³-hybridized carbons (Fsp3) is 0.533. The molecule has 0 aliphatic carbocycles. The molecule has 1 unspecified atom stereocenters. The number of urea groups is 1. The van der Waals surface area contributed by atoms with Gasteiger partial charge in [0.2, 0.25) is 0 Å². The van der Waals surface area contributed by atoms with Crippen LogP contribution in [0.5, 0.6) is 5.75 Å². The maximum Gasteiger partial charge on any atom is 0.317 e. The summed E-state index contributed by atoms with van der Waals surface area (Å²) in [5.74, 6) is 0.849. The van der Waals surface area contributed by atoms with E-state index in [0.29, 0.717) is 6.54 Å². The molecular formula is C15H24N2O3. The number of aryl methyl sites for hydroxylation is 1. The maximum atomic E-state index is 11.7. The number of carbonyl (C=O) groups is 1. The van der Waals surface area contributed by atoms with Crippen LogP contribution >= 0.6 is 0 Å². The van der Waals surface area contributed by atoms with Gasteiger partial charge in [0.25, 0.3) is 0 Å². The van der Waals surface area contributed by atoms with Crippen molar-refractivity contribution in [1.29, 1.82) is 0 Å². The molecule has 0 heterocycles. The van der Waals surface area contributed by atoms with E-state index in [0.717, 1.165) is 18.6 Å². The van der Waals surface area contributed by atoms with Gasteiger partial charge in [-0.05, 0) is 37.5 Å². The number of carbonyl (C=O) groups excluding carboxylic acids is 1. The molecule has 0 saturated heterocycles. The molecule has 0 fully saturated rings. The van der Waals surface area contributed by atoms with Crippen LogP contribution in [0.1, 0.15) is 18.9 Å². The minimum Gasteiger partial charge on any atom is -0.497 e. The number of nitrogens with one attached hydrogen (secondary N) is 1. The third kappa shape index (κ3) is 5.09. The van der Waals surface area contributed by atoms with Crippen molar-refractivity contribution in [2.75, 3.05) is 27.3 Å². The molecule has 5 heteroatoms. The number of aliphatic hydroxyl groups is 1. The van der Waals surface area contributed by atoms with Gasteiger partial charge >= 0.3 is 6.03 Å². The first-order valence-electron chi connectivity index (χ1n) is 6.83. The molecule has 112 valence electrons. The van der Waals surface area contributed by atoms with E-state index in [1.54, 1.807) is 21.1 Å². The van der Waals surface area contributed by atoms with E-state index in [1.165, 1.54) is 10.5 Å². The van der Waals surface area contributed by atoms with Gasteiger partial charge in [0, 0.05) is 13.6 Å². The molecule has 1 rings (SSSR count). The van der Waals surface area contributed by atoms with Crippen LogP contribution in [0.2, 0.25) is 0 Å². The summed E-state index contributed by atoms with van der Waals surface area (Å²) in [6, 6.07) is 7.61. The Kier molecular flexibility index (Phi) is 6.87. The highest BCUT2D eigenvalue weighted by Gasteiger charge is 2.13. The van der Waals surface area contributed by atoms with Crippen LogP contribution < -0.4 is 10.1 Å². The Balaban J connectivity index is 2.25. The molecule has 0 aliphatic rings. The third-order valence-corrected chi connectivity index (χ3v) is 3.32. The predicted molar refractivity (Wildman–Crippen MR) is 79.0 cm³/mol. The SMILES string of the molecule is COc1ccc(CCCNC(=O)N(C)C(C)CO)cc1. The normalized spacial score (nSPS) is 11.8. The highest BCUT2D eigenvalue weighted by atomic mass is 16.5. The van der Waals surface area contributed by atoms with E-state index < -0.39 is 0 Å². The monoisotopic (exact) mass is 280 g/mol. The average molecular weight is 280 g/mol. The second kappa shape index (κ2) is 8.43. The summed E-state index contributed by atoms with van der Waals surface area (Å²) in [5.41, 5.74) is 1.22. The van der Waals surface area contributed by atoms with Gasteiger partial charge in [-0.1, -0.05) is 12.1 Å². The van der Waals surface area contributed by atoms with Gasteiger partial charge in [0.1, 0.15) is 5.75 Å². The van der Waals surface area contributed by atoms with E-state index in [2.05, 4.69) is 5.32 Å². The first-order chi connectivity index (χ1) is 9.58. The Morgan fingerprint density at radius 3 is 2.60 bits per heavy atom. The van der Waals surface area contributed by atoms with Crippen LogP contribution in [0.4, 0.5) is 4.79 Å². The molecule has 0 aromatic heterocycles. The van der Waals surface area contributed by atoms with Crippen LogP contribution in [-0.2, 0) is 6.42 Å². The molecule has 2 amide bonds. The summed E-state index contributed by atoms with van der Waals surface area (Å²) in [4.78, 5) is 13.2. The fourth-order valence-electron chi connectivity index (χ4n) is 1.73. The largest absolute Gasteiger partial charge is 0.497 e. The van der Waals surface area contributed by atoms with Crippen LogP contribution in [0, 0.1) is 0 Å². The molecule has 1 aromatic carbocycles. The number of hydrogen-bond donors (Lipinski definition) is 2. The van der Waals surface area contributed by atoms with Gasteiger partial charge in [0.05, 0.1) is 19.8 Å². The van der Waals surface area contributed by atoms with E-state index in [9.17, 15) is 4.79 Å². The van der Waals surface area contributed by atoms with E-state index >= 15 is 0 Å². The van der Waals surface area contributed by atoms with Crippen molar-refractivity contribution in [2.45, 2.75) is 25.8 Å². The van der Waals surface area contributed by atoms with Gasteiger partial charge in [0.15, 0.2) is 0 Å². The van der Waals surface area contributed by atoms with Crippen LogP contribution in [0.25, 0.3) is 0 Å². The quantitative estimate of drug-likeness (QED) is 0.747. The zero-order valence-electron chi connectivity index (χ0n) is 12.4. The van der Waals surface area contributed by atoms with Crippen molar-refractivity contribution >= 4 is 6.03 Å². The number of methoxy groups -OCH3 is 1. The van der Waals surface area contributed by atoms with Crippen molar-refractivity contribution < 1.29 is 14.6 Å². The minimum absolute atomic E-state index is 0.0320. The summed E-state index contributed by atoms with van der Waals surface area (Å²) in [5, 5.41) is 11.8. The van der Waals surface area contributed by atoms with Gasteiger partial charge in [-0.25, -0.2) is 4.79 Å². The fourth-order valence-corrected chi connectivity index (χ4v) is 1.73. The lowest BCUT2D eigenvalue weighted by Crippen LogP contribution is -2.44. The summed E-state index contributed by atoms with van der Waals surface area (Å²) in [6.07, 6.45) is 1.78. The smallest absolute Gasteiger partial charge is 0.317 e. The van der Waals surface area contributed by atoms with Gasteiger partial charge < -0.3 is 20.1 Å². The van der Waals surface area contributed by atoms with E-state index in [1.807, 2.05) is 24.3 Å². The number of amides is 2. The number of aliphatic hydroxyl groups excluding tert-OH is 1. The highest BCUT2D eigenvalue weighted by molar-refractivity contribution is 5.74. The third-order valence-electron chi connectivity index (χ3n) is 3.32. The first kappa shape index (κ1) is 16.3. The lowest BCUT2D eigenvalue weighted by Gasteiger charge is -2.23. The Hall–Kier alpha value is -1.75. The minimum atomic E-state index is -0.170. The topological polar surface area (TPSA) is 61.8 Å². The standard InChI is InChI=1S/C15H24N2O3/c1-12(11-18)17(2)15(19)16-10-4-5-13-6-8-14(20-3)9-7-13/h6-9,12,18H,4-5,10-11H2,1-3H3,(H,16,19). The molecule has 1 aromatic rings. The molecule has 20 heavy (non-hydrogen) atoms. The van der Waals surface area contributed by atoms with Crippen LogP contribution in [0.15, 0.2) is 24.3 Å². The summed E-state index contributed by atoms with van der Waals surface area (Å²) < 4.78 is 5.10. The van der Waals surface area contributed by atoms with Crippen molar-refractivity contribution in [3.63, 3.8) is 0 Å². The Labute approximate surface area is 120 Å². The molecule has 0 spiro atoms. The zero-order chi connectivity index (χ0) is 15.0. The Morgan fingerprint density at radius 1 is 1.40 bits per heavy atom. The first-order valence-corrected chi connectivity index (χ1v) is 6.83. The Morgan fingerprint density at radius 2 is 2.05 bits per heavy atom. The number of rotatable bonds is 7. The van der Waals surface area contributed by atoms with Crippen molar-refractivity contribution in [3.8, 4) is 5.75 Å². The van der Waals surface area contributed by atoms with Crippen molar-refractivity contribution in [2.24, 2.45) is 0 Å². The van der Waals surface area contributed by atoms with E-state index in [4.69, 9.17) is 9.84 Å². The predicted octanol–water partition coefficient (Wildman–Crippen LogP) is 1.65. The number of likely N-dealkylation sites (N-methyl/N-ethyl adjacent to an activating group) is 1. The Bertz CT molecular complexity index is 406. The molecule has 2 N–H and O–H groups in total. The summed E-state index contributed by atoms with van der Waals surface area (Å²) >= 11 is 0. The molecule has 0 bridgehead atoms. The lowest BCUT2D eigenvalue weighted by atomic mass is 10.1. The summed E-state index contributed by atoms with van der Waals surface area (Å²) in [7, 11) is 3.33. The van der Waals surface area contributed by atoms with Crippen LogP contribution in [-0.4, -0.2) is 49.4 Å². The summed E-state index contributed by atoms with van der Waals surface area (Å²) in [6.45, 7) is 2.39. The van der Waals surface area contributed by atoms with Gasteiger partial charge in [-0.3, -0.25) is 0 Å². The maximum absolute atomic E-state index is 11.7. The van der Waals surface area contributed by atoms with Crippen LogP contribution in [0.3, 0.4) is 0 Å². The van der Waals surface area contributed by atoms with Gasteiger partial charge in [-0.15, -0.1) is 0 Å². The number of ether oxygens (including phenoxy) is 1. The molecule has 5 nitrogen and oxygen atoms in total. The number of benzene rings is 1. The molecule has 0 saturated carbocycles. The average Bonchev–Trinajstić information content (AvgIpc) is 2.50. The molecule has 0 radical (unpaired) electrons. The van der Waals surface area contributed by atoms with E-state index in [-0.39, 0.29) is 18.7 Å². The number of nitrogens with zero attached hydrogens (tertiary/aromatic N) is 1. The number of hydrogen-bond acceptors (Lipinski definition) is 3. The van der Waals surface area contributed by atoms with Crippen molar-refractivity contribution in [3.05, 3.63) is 29.8 Å². The van der Waals surface area contributed by atoms with Gasteiger partial charge in [-0.2, -0.15) is 0 Å². The lowest BCUT2D eigenvalue weighted by molar-refractivity contribution is 0.157. The molecule has 0 aliphatic heterocycles. The zero-order valence-corrected chi connectivity index (χ0v) is 12.4. The van der Waals surface area contributed by atoms with Crippen molar-refractivity contribution in [1.82, 2.24) is 10.2 Å². The molecular weight excluding hydrogens is 256 g/mol.